The summed E-state index contributed by atoms with van der Waals surface area (Å²) in [6.07, 6.45) is 3.51. The first-order valence-corrected chi connectivity index (χ1v) is 10.1. The molecule has 1 aromatic carbocycles. The van der Waals surface area contributed by atoms with Crippen LogP contribution in [0.5, 0.6) is 5.75 Å². The average molecular weight is 376 g/mol. The molecule has 27 heavy (non-hydrogen) atoms. The standard InChI is InChI=1S/C21H33N3O3/c1-4-22-21(23-10-9-17-8-7-16(2)19(14-17)25-3)24-11-13-27-20(15-24)18-6-5-12-26-18/h7-8,14,18,20H,4-6,9-13,15H2,1-3H3,(H,22,23). The van der Waals surface area contributed by atoms with Crippen LogP contribution in [-0.4, -0.2) is 69.6 Å². The Bertz CT molecular complexity index is 629. The Morgan fingerprint density at radius 2 is 2.15 bits per heavy atom. The van der Waals surface area contributed by atoms with Crippen LogP contribution in [0.3, 0.4) is 0 Å². The van der Waals surface area contributed by atoms with Gasteiger partial charge in [-0.05, 0) is 50.3 Å². The van der Waals surface area contributed by atoms with E-state index in [0.717, 1.165) is 75.9 Å². The van der Waals surface area contributed by atoms with Gasteiger partial charge in [-0.25, -0.2) is 0 Å². The summed E-state index contributed by atoms with van der Waals surface area (Å²) in [6.45, 7) is 9.08. The van der Waals surface area contributed by atoms with E-state index in [1.165, 1.54) is 5.56 Å². The molecular weight excluding hydrogens is 342 g/mol. The average Bonchev–Trinajstić information content (AvgIpc) is 3.23. The Kier molecular flexibility index (Phi) is 7.35. The molecule has 0 radical (unpaired) electrons. The maximum Gasteiger partial charge on any atom is 0.194 e. The molecule has 2 unspecified atom stereocenters. The molecule has 6 heteroatoms. The van der Waals surface area contributed by atoms with Crippen molar-refractivity contribution in [3.8, 4) is 5.75 Å². The van der Waals surface area contributed by atoms with Gasteiger partial charge in [0.25, 0.3) is 0 Å². The molecule has 1 aromatic rings. The molecule has 2 aliphatic rings. The molecule has 0 aliphatic carbocycles. The molecule has 1 N–H and O–H groups in total. The summed E-state index contributed by atoms with van der Waals surface area (Å²) < 4.78 is 17.2. The highest BCUT2D eigenvalue weighted by Gasteiger charge is 2.32. The van der Waals surface area contributed by atoms with Gasteiger partial charge in [-0.3, -0.25) is 4.99 Å². The lowest BCUT2D eigenvalue weighted by molar-refractivity contribution is -0.0817. The van der Waals surface area contributed by atoms with Crippen LogP contribution in [0, 0.1) is 6.92 Å². The number of rotatable bonds is 6. The minimum absolute atomic E-state index is 0.145. The van der Waals surface area contributed by atoms with Crippen LogP contribution in [0.2, 0.25) is 0 Å². The van der Waals surface area contributed by atoms with E-state index in [4.69, 9.17) is 19.2 Å². The number of aryl methyl sites for hydroxylation is 1. The van der Waals surface area contributed by atoms with E-state index in [9.17, 15) is 0 Å². The summed E-state index contributed by atoms with van der Waals surface area (Å²) in [6, 6.07) is 6.37. The van der Waals surface area contributed by atoms with Gasteiger partial charge < -0.3 is 24.4 Å². The number of ether oxygens (including phenoxy) is 3. The molecule has 0 bridgehead atoms. The van der Waals surface area contributed by atoms with Crippen LogP contribution >= 0.6 is 0 Å². The summed E-state index contributed by atoms with van der Waals surface area (Å²) in [5, 5.41) is 3.44. The molecule has 2 atom stereocenters. The zero-order chi connectivity index (χ0) is 19.1. The van der Waals surface area contributed by atoms with Crippen LogP contribution in [0.1, 0.15) is 30.9 Å². The quantitative estimate of drug-likeness (QED) is 0.611. The highest BCUT2D eigenvalue weighted by molar-refractivity contribution is 5.80. The Labute approximate surface area is 162 Å². The smallest absolute Gasteiger partial charge is 0.194 e. The number of hydrogen-bond donors (Lipinski definition) is 1. The van der Waals surface area contributed by atoms with Crippen molar-refractivity contribution in [1.82, 2.24) is 10.2 Å². The lowest BCUT2D eigenvalue weighted by Gasteiger charge is -2.37. The van der Waals surface area contributed by atoms with Crippen LogP contribution in [-0.2, 0) is 15.9 Å². The van der Waals surface area contributed by atoms with Gasteiger partial charge in [0, 0.05) is 32.8 Å². The molecule has 0 saturated carbocycles. The molecule has 6 nitrogen and oxygen atoms in total. The van der Waals surface area contributed by atoms with Crippen LogP contribution in [0.25, 0.3) is 0 Å². The van der Waals surface area contributed by atoms with Gasteiger partial charge in [-0.2, -0.15) is 0 Å². The Balaban J connectivity index is 1.60. The third-order valence-corrected chi connectivity index (χ3v) is 5.24. The van der Waals surface area contributed by atoms with Crippen molar-refractivity contribution < 1.29 is 14.2 Å². The van der Waals surface area contributed by atoms with Gasteiger partial charge in [-0.1, -0.05) is 12.1 Å². The molecule has 2 fully saturated rings. The first-order valence-electron chi connectivity index (χ1n) is 10.1. The fraction of sp³-hybridized carbons (Fsp3) is 0.667. The van der Waals surface area contributed by atoms with Gasteiger partial charge >= 0.3 is 0 Å². The molecule has 0 aromatic heterocycles. The fourth-order valence-corrected chi connectivity index (χ4v) is 3.73. The Morgan fingerprint density at radius 3 is 2.89 bits per heavy atom. The maximum atomic E-state index is 5.97. The monoisotopic (exact) mass is 375 g/mol. The number of nitrogens with zero attached hydrogens (tertiary/aromatic N) is 2. The zero-order valence-electron chi connectivity index (χ0n) is 16.9. The highest BCUT2D eigenvalue weighted by Crippen LogP contribution is 2.21. The van der Waals surface area contributed by atoms with Gasteiger partial charge in [0.1, 0.15) is 11.9 Å². The highest BCUT2D eigenvalue weighted by atomic mass is 16.5. The molecular formula is C21H33N3O3. The molecule has 150 valence electrons. The van der Waals surface area contributed by atoms with Gasteiger partial charge in [0.15, 0.2) is 5.96 Å². The van der Waals surface area contributed by atoms with E-state index in [2.05, 4.69) is 42.3 Å². The predicted octanol–water partition coefficient (Wildman–Crippen LogP) is 2.39. The van der Waals surface area contributed by atoms with Crippen LogP contribution in [0.4, 0.5) is 0 Å². The Hall–Kier alpha value is -1.79. The fourth-order valence-electron chi connectivity index (χ4n) is 3.73. The normalized spacial score (nSPS) is 23.5. The minimum Gasteiger partial charge on any atom is -0.496 e. The van der Waals surface area contributed by atoms with E-state index in [1.54, 1.807) is 7.11 Å². The van der Waals surface area contributed by atoms with Gasteiger partial charge in [0.2, 0.25) is 0 Å². The third kappa shape index (κ3) is 5.36. The Morgan fingerprint density at radius 1 is 1.30 bits per heavy atom. The summed E-state index contributed by atoms with van der Waals surface area (Å²) in [7, 11) is 1.72. The number of morpholine rings is 1. The SMILES string of the molecule is CCNC(=NCCc1ccc(C)c(OC)c1)N1CCOC(C2CCCO2)C1. The van der Waals surface area contributed by atoms with E-state index in [1.807, 2.05) is 0 Å². The number of hydrogen-bond acceptors (Lipinski definition) is 4. The number of nitrogens with one attached hydrogen (secondary N) is 1. The second kappa shape index (κ2) is 9.95. The van der Waals surface area contributed by atoms with Crippen molar-refractivity contribution in [1.29, 1.82) is 0 Å². The van der Waals surface area contributed by atoms with E-state index in [0.29, 0.717) is 0 Å². The molecule has 2 heterocycles. The topological polar surface area (TPSA) is 55.3 Å². The van der Waals surface area contributed by atoms with Crippen molar-refractivity contribution in [3.05, 3.63) is 29.3 Å². The molecule has 0 spiro atoms. The molecule has 2 saturated heterocycles. The maximum absolute atomic E-state index is 5.97. The second-order valence-corrected chi connectivity index (χ2v) is 7.20. The summed E-state index contributed by atoms with van der Waals surface area (Å²) in [4.78, 5) is 7.18. The van der Waals surface area contributed by atoms with Crippen molar-refractivity contribution in [3.63, 3.8) is 0 Å². The van der Waals surface area contributed by atoms with Crippen molar-refractivity contribution in [2.45, 2.75) is 45.3 Å². The van der Waals surface area contributed by atoms with E-state index < -0.39 is 0 Å². The predicted molar refractivity (Wildman–Crippen MR) is 108 cm³/mol. The molecule has 2 aliphatic heterocycles. The minimum atomic E-state index is 0.145. The number of methoxy groups -OCH3 is 1. The van der Waals surface area contributed by atoms with Crippen molar-refractivity contribution >= 4 is 5.96 Å². The first kappa shape index (κ1) is 20.0. The van der Waals surface area contributed by atoms with Crippen molar-refractivity contribution in [2.75, 3.05) is 46.5 Å². The lowest BCUT2D eigenvalue weighted by atomic mass is 10.1. The molecule has 3 rings (SSSR count). The number of aliphatic imine (C=N–C) groups is 1. The first-order chi connectivity index (χ1) is 13.2. The third-order valence-electron chi connectivity index (χ3n) is 5.24. The summed E-state index contributed by atoms with van der Waals surface area (Å²) in [5.41, 5.74) is 2.41. The van der Waals surface area contributed by atoms with E-state index >= 15 is 0 Å². The largest absolute Gasteiger partial charge is 0.496 e. The van der Waals surface area contributed by atoms with E-state index in [-0.39, 0.29) is 12.2 Å². The number of benzene rings is 1. The van der Waals surface area contributed by atoms with Crippen molar-refractivity contribution in [2.24, 2.45) is 4.99 Å². The second-order valence-electron chi connectivity index (χ2n) is 7.20. The van der Waals surface area contributed by atoms with Crippen LogP contribution in [0.15, 0.2) is 23.2 Å². The molecule has 0 amide bonds. The van der Waals surface area contributed by atoms with Gasteiger partial charge in [0.05, 0.1) is 19.8 Å². The summed E-state index contributed by atoms with van der Waals surface area (Å²) in [5.74, 6) is 1.92. The number of guanidine groups is 1. The lowest BCUT2D eigenvalue weighted by Crippen LogP contribution is -2.53. The van der Waals surface area contributed by atoms with Crippen LogP contribution < -0.4 is 10.1 Å². The summed E-state index contributed by atoms with van der Waals surface area (Å²) >= 11 is 0. The zero-order valence-corrected chi connectivity index (χ0v) is 16.9. The van der Waals surface area contributed by atoms with Gasteiger partial charge in [-0.15, -0.1) is 0 Å².